The molecule has 0 saturated heterocycles. The summed E-state index contributed by atoms with van der Waals surface area (Å²) in [5.74, 6) is -0.862. The van der Waals surface area contributed by atoms with E-state index in [1.165, 1.54) is 7.11 Å². The summed E-state index contributed by atoms with van der Waals surface area (Å²) in [5.41, 5.74) is 0.126. The molecular formula is C10H21NO3. The number of carboxylic acid groups (broad SMARTS) is 1. The molecule has 4 nitrogen and oxygen atoms in total. The Labute approximate surface area is 85.6 Å². The van der Waals surface area contributed by atoms with Crippen LogP contribution in [-0.2, 0) is 9.53 Å². The number of aliphatic carboxylic acids is 1. The average Bonchev–Trinajstić information content (AvgIpc) is 2.12. The van der Waals surface area contributed by atoms with Gasteiger partial charge in [-0.1, -0.05) is 20.8 Å². The third-order valence-electron chi connectivity index (χ3n) is 2.42. The van der Waals surface area contributed by atoms with Crippen molar-refractivity contribution in [3.63, 3.8) is 0 Å². The summed E-state index contributed by atoms with van der Waals surface area (Å²) in [4.78, 5) is 10.8. The van der Waals surface area contributed by atoms with Crippen LogP contribution in [0.1, 0.15) is 27.2 Å². The molecule has 0 bridgehead atoms. The molecule has 4 heteroatoms. The lowest BCUT2D eigenvalue weighted by Gasteiger charge is -2.25. The molecule has 0 aliphatic rings. The molecule has 0 radical (unpaired) electrons. The Hall–Kier alpha value is -0.610. The molecule has 0 aromatic carbocycles. The normalized spacial score (nSPS) is 14.0. The van der Waals surface area contributed by atoms with Crippen molar-refractivity contribution >= 4 is 5.97 Å². The van der Waals surface area contributed by atoms with E-state index in [1.54, 1.807) is 0 Å². The predicted octanol–water partition coefficient (Wildman–Crippen LogP) is 1.11. The number of methoxy groups -OCH3 is 1. The van der Waals surface area contributed by atoms with Crippen molar-refractivity contribution in [2.45, 2.75) is 33.2 Å². The molecule has 0 aliphatic heterocycles. The molecule has 14 heavy (non-hydrogen) atoms. The highest BCUT2D eigenvalue weighted by Crippen LogP contribution is 2.17. The second-order valence-electron chi connectivity index (χ2n) is 4.24. The van der Waals surface area contributed by atoms with Gasteiger partial charge in [-0.15, -0.1) is 0 Å². The van der Waals surface area contributed by atoms with E-state index in [4.69, 9.17) is 9.84 Å². The summed E-state index contributed by atoms with van der Waals surface area (Å²) < 4.78 is 4.82. The first-order valence-corrected chi connectivity index (χ1v) is 4.88. The molecule has 2 N–H and O–H groups in total. The smallest absolute Gasteiger partial charge is 0.323 e. The van der Waals surface area contributed by atoms with E-state index in [1.807, 2.05) is 0 Å². The molecule has 0 heterocycles. The molecule has 0 aliphatic carbocycles. The highest BCUT2D eigenvalue weighted by atomic mass is 16.5. The molecule has 1 unspecified atom stereocenters. The van der Waals surface area contributed by atoms with Crippen LogP contribution in [0, 0.1) is 5.41 Å². The molecule has 0 rings (SSSR count). The first-order valence-electron chi connectivity index (χ1n) is 4.88. The molecular weight excluding hydrogens is 182 g/mol. The fourth-order valence-electron chi connectivity index (χ4n) is 0.909. The molecule has 0 aromatic heterocycles. The third-order valence-corrected chi connectivity index (χ3v) is 2.42. The summed E-state index contributed by atoms with van der Waals surface area (Å²) in [5, 5.41) is 11.8. The van der Waals surface area contributed by atoms with Gasteiger partial charge in [0.25, 0.3) is 0 Å². The maximum Gasteiger partial charge on any atom is 0.323 e. The van der Waals surface area contributed by atoms with E-state index in [0.29, 0.717) is 6.54 Å². The van der Waals surface area contributed by atoms with Crippen LogP contribution >= 0.6 is 0 Å². The van der Waals surface area contributed by atoms with Crippen molar-refractivity contribution in [1.82, 2.24) is 5.32 Å². The molecule has 0 aromatic rings. The van der Waals surface area contributed by atoms with Crippen LogP contribution in [0.25, 0.3) is 0 Å². The third kappa shape index (κ3) is 5.19. The number of nitrogens with one attached hydrogen (secondary N) is 1. The summed E-state index contributed by atoms with van der Waals surface area (Å²) >= 11 is 0. The van der Waals surface area contributed by atoms with E-state index in [0.717, 1.165) is 6.42 Å². The van der Waals surface area contributed by atoms with Gasteiger partial charge in [0.05, 0.1) is 6.61 Å². The molecule has 84 valence electrons. The van der Waals surface area contributed by atoms with Gasteiger partial charge in [0.2, 0.25) is 0 Å². The van der Waals surface area contributed by atoms with Crippen molar-refractivity contribution < 1.29 is 14.6 Å². The molecule has 0 saturated carbocycles. The monoisotopic (exact) mass is 203 g/mol. The first-order chi connectivity index (χ1) is 6.43. The summed E-state index contributed by atoms with van der Waals surface area (Å²) in [7, 11) is 1.50. The maximum absolute atomic E-state index is 10.8. The summed E-state index contributed by atoms with van der Waals surface area (Å²) in [6.07, 6.45) is 1.01. The van der Waals surface area contributed by atoms with Crippen molar-refractivity contribution in [3.8, 4) is 0 Å². The molecule has 0 spiro atoms. The van der Waals surface area contributed by atoms with Gasteiger partial charge in [0.1, 0.15) is 6.04 Å². The molecule has 0 fully saturated rings. The van der Waals surface area contributed by atoms with E-state index in [9.17, 15) is 4.79 Å². The van der Waals surface area contributed by atoms with Crippen LogP contribution in [0.5, 0.6) is 0 Å². The molecule has 0 amide bonds. The standard InChI is InChI=1S/C10H21NO3/c1-5-10(2,3)7-11-8(6-14-4)9(12)13/h8,11H,5-7H2,1-4H3,(H,12,13). The van der Waals surface area contributed by atoms with Gasteiger partial charge in [-0.25, -0.2) is 0 Å². The van der Waals surface area contributed by atoms with Crippen LogP contribution in [0.4, 0.5) is 0 Å². The topological polar surface area (TPSA) is 58.6 Å². The lowest BCUT2D eigenvalue weighted by Crippen LogP contribution is -2.44. The van der Waals surface area contributed by atoms with Crippen molar-refractivity contribution in [2.24, 2.45) is 5.41 Å². The number of carboxylic acids is 1. The molecule has 1 atom stereocenters. The van der Waals surface area contributed by atoms with E-state index >= 15 is 0 Å². The highest BCUT2D eigenvalue weighted by Gasteiger charge is 2.21. The lowest BCUT2D eigenvalue weighted by molar-refractivity contribution is -0.141. The number of rotatable bonds is 7. The second kappa shape index (κ2) is 5.98. The van der Waals surface area contributed by atoms with Crippen molar-refractivity contribution in [3.05, 3.63) is 0 Å². The fourth-order valence-corrected chi connectivity index (χ4v) is 0.909. The zero-order valence-electron chi connectivity index (χ0n) is 9.46. The Kier molecular flexibility index (Phi) is 5.72. The minimum atomic E-state index is -0.862. The van der Waals surface area contributed by atoms with Crippen molar-refractivity contribution in [2.75, 3.05) is 20.3 Å². The highest BCUT2D eigenvalue weighted by molar-refractivity contribution is 5.73. The van der Waals surface area contributed by atoms with E-state index in [2.05, 4.69) is 26.1 Å². The van der Waals surface area contributed by atoms with Gasteiger partial charge in [-0.2, -0.15) is 0 Å². The second-order valence-corrected chi connectivity index (χ2v) is 4.24. The van der Waals surface area contributed by atoms with Gasteiger partial charge in [-0.05, 0) is 11.8 Å². The Bertz CT molecular complexity index is 180. The number of hydrogen-bond acceptors (Lipinski definition) is 3. The zero-order chi connectivity index (χ0) is 11.2. The summed E-state index contributed by atoms with van der Waals surface area (Å²) in [6.45, 7) is 7.18. The van der Waals surface area contributed by atoms with Crippen LogP contribution in [0.15, 0.2) is 0 Å². The minimum Gasteiger partial charge on any atom is -0.480 e. The quantitative estimate of drug-likeness (QED) is 0.651. The van der Waals surface area contributed by atoms with Gasteiger partial charge < -0.3 is 15.2 Å². The van der Waals surface area contributed by atoms with Crippen LogP contribution in [0.2, 0.25) is 0 Å². The largest absolute Gasteiger partial charge is 0.480 e. The Morgan fingerprint density at radius 2 is 2.14 bits per heavy atom. The van der Waals surface area contributed by atoms with Gasteiger partial charge in [-0.3, -0.25) is 4.79 Å². The van der Waals surface area contributed by atoms with Crippen LogP contribution < -0.4 is 5.32 Å². The SMILES string of the molecule is CCC(C)(C)CNC(COC)C(=O)O. The number of hydrogen-bond donors (Lipinski definition) is 2. The Morgan fingerprint density at radius 1 is 1.57 bits per heavy atom. The van der Waals surface area contributed by atoms with E-state index in [-0.39, 0.29) is 12.0 Å². The Morgan fingerprint density at radius 3 is 2.50 bits per heavy atom. The zero-order valence-corrected chi connectivity index (χ0v) is 9.46. The maximum atomic E-state index is 10.8. The average molecular weight is 203 g/mol. The number of carbonyl (C=O) groups is 1. The summed E-state index contributed by atoms with van der Waals surface area (Å²) in [6, 6.07) is -0.606. The van der Waals surface area contributed by atoms with E-state index < -0.39 is 12.0 Å². The van der Waals surface area contributed by atoms with Crippen molar-refractivity contribution in [1.29, 1.82) is 0 Å². The lowest BCUT2D eigenvalue weighted by atomic mass is 9.90. The predicted molar refractivity (Wildman–Crippen MR) is 55.4 cm³/mol. The fraction of sp³-hybridized carbons (Fsp3) is 0.900. The minimum absolute atomic E-state index is 0.126. The first kappa shape index (κ1) is 13.4. The van der Waals surface area contributed by atoms with Crippen LogP contribution in [-0.4, -0.2) is 37.4 Å². The van der Waals surface area contributed by atoms with Gasteiger partial charge >= 0.3 is 5.97 Å². The van der Waals surface area contributed by atoms with Gasteiger partial charge in [0, 0.05) is 13.7 Å². The van der Waals surface area contributed by atoms with Gasteiger partial charge in [0.15, 0.2) is 0 Å². The van der Waals surface area contributed by atoms with Crippen LogP contribution in [0.3, 0.4) is 0 Å². The number of ether oxygens (including phenoxy) is 1. The Balaban J connectivity index is 3.99.